The Hall–Kier alpha value is -1.56. The summed E-state index contributed by atoms with van der Waals surface area (Å²) in [7, 11) is 0. The molecule has 106 valence electrons. The molecule has 0 radical (unpaired) electrons. The average molecular weight is 266 g/mol. The van der Waals surface area contributed by atoms with E-state index in [2.05, 4.69) is 9.55 Å². The number of nitrogens with zero attached hydrogens (tertiary/aromatic N) is 3. The SMILES string of the molecule is CCOC(=O)N1CCC(n2cncc2CCN)CC1. The summed E-state index contributed by atoms with van der Waals surface area (Å²) in [5.41, 5.74) is 6.78. The first kappa shape index (κ1) is 13.9. The van der Waals surface area contributed by atoms with Crippen LogP contribution >= 0.6 is 0 Å². The number of aromatic nitrogens is 2. The maximum Gasteiger partial charge on any atom is 0.409 e. The van der Waals surface area contributed by atoms with Gasteiger partial charge in [-0.2, -0.15) is 0 Å². The second kappa shape index (κ2) is 6.56. The number of carbonyl (C=O) groups is 1. The van der Waals surface area contributed by atoms with E-state index in [1.54, 1.807) is 4.90 Å². The summed E-state index contributed by atoms with van der Waals surface area (Å²) in [4.78, 5) is 17.6. The summed E-state index contributed by atoms with van der Waals surface area (Å²) in [5, 5.41) is 0. The van der Waals surface area contributed by atoms with E-state index in [0.717, 1.165) is 32.4 Å². The Morgan fingerprint density at radius 1 is 1.53 bits per heavy atom. The Morgan fingerprint density at radius 2 is 2.26 bits per heavy atom. The van der Waals surface area contributed by atoms with Crippen LogP contribution in [-0.2, 0) is 11.2 Å². The minimum absolute atomic E-state index is 0.200. The molecule has 19 heavy (non-hydrogen) atoms. The number of carbonyl (C=O) groups excluding carboxylic acids is 1. The van der Waals surface area contributed by atoms with Gasteiger partial charge in [0, 0.05) is 37.4 Å². The normalized spacial score (nSPS) is 16.6. The zero-order valence-corrected chi connectivity index (χ0v) is 11.4. The van der Waals surface area contributed by atoms with Gasteiger partial charge in [-0.3, -0.25) is 0 Å². The van der Waals surface area contributed by atoms with Gasteiger partial charge in [-0.15, -0.1) is 0 Å². The number of likely N-dealkylation sites (tertiary alicyclic amines) is 1. The van der Waals surface area contributed by atoms with Crippen molar-refractivity contribution in [2.45, 2.75) is 32.2 Å². The molecule has 0 spiro atoms. The molecule has 6 heteroatoms. The summed E-state index contributed by atoms with van der Waals surface area (Å²) in [6, 6.07) is 0.412. The Bertz CT molecular complexity index is 411. The van der Waals surface area contributed by atoms with Crippen LogP contribution < -0.4 is 5.73 Å². The lowest BCUT2D eigenvalue weighted by Crippen LogP contribution is -2.39. The number of imidazole rings is 1. The van der Waals surface area contributed by atoms with Crippen LogP contribution in [0.25, 0.3) is 0 Å². The number of amides is 1. The molecule has 0 atom stereocenters. The molecule has 0 bridgehead atoms. The van der Waals surface area contributed by atoms with Crippen LogP contribution in [0.3, 0.4) is 0 Å². The van der Waals surface area contributed by atoms with Crippen LogP contribution in [0.5, 0.6) is 0 Å². The predicted octanol–water partition coefficient (Wildman–Crippen LogP) is 1.18. The van der Waals surface area contributed by atoms with Gasteiger partial charge < -0.3 is 19.9 Å². The highest BCUT2D eigenvalue weighted by Gasteiger charge is 2.25. The number of piperidine rings is 1. The quantitative estimate of drug-likeness (QED) is 0.888. The molecule has 1 aromatic rings. The van der Waals surface area contributed by atoms with Crippen LogP contribution in [0.15, 0.2) is 12.5 Å². The minimum Gasteiger partial charge on any atom is -0.450 e. The molecule has 0 unspecified atom stereocenters. The van der Waals surface area contributed by atoms with Gasteiger partial charge in [0.05, 0.1) is 12.9 Å². The molecule has 2 rings (SSSR count). The Labute approximate surface area is 113 Å². The highest BCUT2D eigenvalue weighted by Crippen LogP contribution is 2.24. The first-order chi connectivity index (χ1) is 9.26. The van der Waals surface area contributed by atoms with Gasteiger partial charge in [0.25, 0.3) is 0 Å². The third kappa shape index (κ3) is 3.26. The van der Waals surface area contributed by atoms with Crippen molar-refractivity contribution in [1.29, 1.82) is 0 Å². The van der Waals surface area contributed by atoms with Crippen LogP contribution in [0.2, 0.25) is 0 Å². The number of ether oxygens (including phenoxy) is 1. The first-order valence-corrected chi connectivity index (χ1v) is 6.88. The summed E-state index contributed by atoms with van der Waals surface area (Å²) in [6.45, 7) is 4.37. The molecule has 1 aromatic heterocycles. The van der Waals surface area contributed by atoms with E-state index in [0.29, 0.717) is 19.2 Å². The molecule has 1 aliphatic heterocycles. The van der Waals surface area contributed by atoms with Gasteiger partial charge in [0.15, 0.2) is 0 Å². The monoisotopic (exact) mass is 266 g/mol. The fourth-order valence-corrected chi connectivity index (χ4v) is 2.54. The van der Waals surface area contributed by atoms with Gasteiger partial charge in [0.2, 0.25) is 0 Å². The van der Waals surface area contributed by atoms with Crippen molar-refractivity contribution in [3.63, 3.8) is 0 Å². The zero-order chi connectivity index (χ0) is 13.7. The molecule has 6 nitrogen and oxygen atoms in total. The van der Waals surface area contributed by atoms with E-state index in [-0.39, 0.29) is 6.09 Å². The first-order valence-electron chi connectivity index (χ1n) is 6.88. The van der Waals surface area contributed by atoms with Gasteiger partial charge in [0.1, 0.15) is 0 Å². The van der Waals surface area contributed by atoms with Crippen molar-refractivity contribution in [2.24, 2.45) is 5.73 Å². The van der Waals surface area contributed by atoms with Crippen molar-refractivity contribution < 1.29 is 9.53 Å². The summed E-state index contributed by atoms with van der Waals surface area (Å²) < 4.78 is 7.22. The molecule has 0 aliphatic carbocycles. The maximum atomic E-state index is 11.6. The Morgan fingerprint density at radius 3 is 2.89 bits per heavy atom. The van der Waals surface area contributed by atoms with Gasteiger partial charge >= 0.3 is 6.09 Å². The van der Waals surface area contributed by atoms with Crippen LogP contribution in [0, 0.1) is 0 Å². The van der Waals surface area contributed by atoms with Crippen molar-refractivity contribution in [3.8, 4) is 0 Å². The summed E-state index contributed by atoms with van der Waals surface area (Å²) >= 11 is 0. The average Bonchev–Trinajstić information content (AvgIpc) is 2.88. The molecule has 2 heterocycles. The van der Waals surface area contributed by atoms with Gasteiger partial charge in [-0.1, -0.05) is 0 Å². The molecule has 1 saturated heterocycles. The number of rotatable bonds is 4. The lowest BCUT2D eigenvalue weighted by atomic mass is 10.0. The second-order valence-electron chi connectivity index (χ2n) is 4.75. The van der Waals surface area contributed by atoms with Gasteiger partial charge in [-0.05, 0) is 26.3 Å². The standard InChI is InChI=1S/C13H22N4O2/c1-2-19-13(18)16-7-4-11(5-8-16)17-10-15-9-12(17)3-6-14/h9-11H,2-8,14H2,1H3. The van der Waals surface area contributed by atoms with Crippen molar-refractivity contribution >= 4 is 6.09 Å². The van der Waals surface area contributed by atoms with Crippen molar-refractivity contribution in [3.05, 3.63) is 18.2 Å². The molecule has 1 amide bonds. The molecule has 1 fully saturated rings. The topological polar surface area (TPSA) is 73.4 Å². The lowest BCUT2D eigenvalue weighted by molar-refractivity contribution is 0.0925. The largest absolute Gasteiger partial charge is 0.450 e. The van der Waals surface area contributed by atoms with Crippen molar-refractivity contribution in [2.75, 3.05) is 26.2 Å². The molecular weight excluding hydrogens is 244 g/mol. The Balaban J connectivity index is 1.92. The van der Waals surface area contributed by atoms with E-state index >= 15 is 0 Å². The number of hydrogen-bond donors (Lipinski definition) is 1. The third-order valence-electron chi connectivity index (χ3n) is 3.53. The fourth-order valence-electron chi connectivity index (χ4n) is 2.54. The minimum atomic E-state index is -0.200. The molecule has 0 saturated carbocycles. The number of nitrogens with two attached hydrogens (primary N) is 1. The second-order valence-corrected chi connectivity index (χ2v) is 4.75. The molecule has 2 N–H and O–H groups in total. The Kier molecular flexibility index (Phi) is 4.79. The lowest BCUT2D eigenvalue weighted by Gasteiger charge is -2.32. The van der Waals surface area contributed by atoms with Crippen molar-refractivity contribution in [1.82, 2.24) is 14.5 Å². The molecular formula is C13H22N4O2. The summed E-state index contributed by atoms with van der Waals surface area (Å²) in [6.07, 6.45) is 6.27. The van der Waals surface area contributed by atoms with E-state index in [4.69, 9.17) is 10.5 Å². The zero-order valence-electron chi connectivity index (χ0n) is 11.4. The van der Waals surface area contributed by atoms with E-state index in [1.807, 2.05) is 19.4 Å². The third-order valence-corrected chi connectivity index (χ3v) is 3.53. The molecule has 1 aliphatic rings. The van der Waals surface area contributed by atoms with Crippen LogP contribution in [-0.4, -0.2) is 46.8 Å². The summed E-state index contributed by atoms with van der Waals surface area (Å²) in [5.74, 6) is 0. The molecule has 0 aromatic carbocycles. The predicted molar refractivity (Wildman–Crippen MR) is 71.9 cm³/mol. The van der Waals surface area contributed by atoms with E-state index in [1.165, 1.54) is 5.69 Å². The van der Waals surface area contributed by atoms with Gasteiger partial charge in [-0.25, -0.2) is 9.78 Å². The number of hydrogen-bond acceptors (Lipinski definition) is 4. The highest BCUT2D eigenvalue weighted by atomic mass is 16.6. The van der Waals surface area contributed by atoms with E-state index in [9.17, 15) is 4.79 Å². The fraction of sp³-hybridized carbons (Fsp3) is 0.692. The van der Waals surface area contributed by atoms with Crippen LogP contribution in [0.1, 0.15) is 31.5 Å². The highest BCUT2D eigenvalue weighted by molar-refractivity contribution is 5.67. The van der Waals surface area contributed by atoms with E-state index < -0.39 is 0 Å². The maximum absolute atomic E-state index is 11.6. The smallest absolute Gasteiger partial charge is 0.409 e. The van der Waals surface area contributed by atoms with Crippen LogP contribution in [0.4, 0.5) is 4.79 Å².